The lowest BCUT2D eigenvalue weighted by Gasteiger charge is -2.19. The third-order valence-corrected chi connectivity index (χ3v) is 3.00. The molecule has 1 atom stereocenters. The molecule has 1 unspecified atom stereocenters. The van der Waals surface area contributed by atoms with Gasteiger partial charge in [-0.25, -0.2) is 4.98 Å². The average Bonchev–Trinajstić information content (AvgIpc) is 2.64. The van der Waals surface area contributed by atoms with Crippen LogP contribution in [0.25, 0.3) is 0 Å². The van der Waals surface area contributed by atoms with Crippen LogP contribution in [0.2, 0.25) is 0 Å². The quantitative estimate of drug-likeness (QED) is 0.797. The highest BCUT2D eigenvalue weighted by Gasteiger charge is 2.23. The van der Waals surface area contributed by atoms with Gasteiger partial charge in [0.15, 0.2) is 0 Å². The lowest BCUT2D eigenvalue weighted by Crippen LogP contribution is -2.17. The van der Waals surface area contributed by atoms with E-state index in [2.05, 4.69) is 16.9 Å². The number of likely N-dealkylation sites (tertiary alicyclic amines) is 1. The molecule has 0 saturated carbocycles. The predicted octanol–water partition coefficient (Wildman–Crippen LogP) is 1.44. The van der Waals surface area contributed by atoms with Gasteiger partial charge in [-0.2, -0.15) is 0 Å². The summed E-state index contributed by atoms with van der Waals surface area (Å²) in [6, 6.07) is 2.43. The number of nitrogen functional groups attached to an aromatic ring is 1. The maximum atomic E-state index is 5.84. The highest BCUT2D eigenvalue weighted by Crippen LogP contribution is 2.32. The second-order valence-electron chi connectivity index (χ2n) is 4.01. The lowest BCUT2D eigenvalue weighted by atomic mass is 10.1. The van der Waals surface area contributed by atoms with Crippen molar-refractivity contribution in [2.24, 2.45) is 0 Å². The van der Waals surface area contributed by atoms with E-state index in [0.29, 0.717) is 17.6 Å². The van der Waals surface area contributed by atoms with Crippen molar-refractivity contribution in [3.63, 3.8) is 0 Å². The first kappa shape index (κ1) is 10.2. The Balaban J connectivity index is 2.25. The molecule has 2 heterocycles. The van der Waals surface area contributed by atoms with Crippen molar-refractivity contribution in [2.45, 2.75) is 18.9 Å². The first-order valence-corrected chi connectivity index (χ1v) is 5.22. The molecule has 2 rings (SSSR count). The Labute approximate surface area is 90.0 Å². The van der Waals surface area contributed by atoms with Gasteiger partial charge in [-0.15, -0.1) is 0 Å². The molecule has 0 radical (unpaired) electrons. The van der Waals surface area contributed by atoms with E-state index in [1.807, 2.05) is 12.3 Å². The zero-order chi connectivity index (χ0) is 10.8. The summed E-state index contributed by atoms with van der Waals surface area (Å²) in [4.78, 5) is 6.54. The average molecular weight is 207 g/mol. The van der Waals surface area contributed by atoms with Gasteiger partial charge in [-0.3, -0.25) is 4.90 Å². The minimum atomic E-state index is 0.464. The fourth-order valence-electron chi connectivity index (χ4n) is 2.17. The molecular formula is C11H17N3O. The highest BCUT2D eigenvalue weighted by atomic mass is 16.5. The second-order valence-corrected chi connectivity index (χ2v) is 4.01. The highest BCUT2D eigenvalue weighted by molar-refractivity contribution is 5.50. The molecule has 0 spiro atoms. The van der Waals surface area contributed by atoms with E-state index in [0.717, 1.165) is 6.54 Å². The molecule has 2 N–H and O–H groups in total. The van der Waals surface area contributed by atoms with Crippen LogP contribution in [0.15, 0.2) is 12.3 Å². The second kappa shape index (κ2) is 4.06. The van der Waals surface area contributed by atoms with Gasteiger partial charge >= 0.3 is 0 Å². The van der Waals surface area contributed by atoms with Gasteiger partial charge in [-0.05, 0) is 38.1 Å². The molecule has 1 aliphatic heterocycles. The van der Waals surface area contributed by atoms with Crippen LogP contribution in [0.4, 0.5) is 5.69 Å². The van der Waals surface area contributed by atoms with E-state index in [1.54, 1.807) is 7.11 Å². The van der Waals surface area contributed by atoms with Crippen LogP contribution < -0.4 is 10.5 Å². The van der Waals surface area contributed by atoms with Gasteiger partial charge in [0.05, 0.1) is 12.8 Å². The van der Waals surface area contributed by atoms with E-state index in [4.69, 9.17) is 10.5 Å². The molecule has 1 saturated heterocycles. The summed E-state index contributed by atoms with van der Waals surface area (Å²) < 4.78 is 5.04. The van der Waals surface area contributed by atoms with Crippen molar-refractivity contribution < 1.29 is 4.74 Å². The smallest absolute Gasteiger partial charge is 0.236 e. The minimum Gasteiger partial charge on any atom is -0.480 e. The van der Waals surface area contributed by atoms with Gasteiger partial charge < -0.3 is 10.5 Å². The third-order valence-electron chi connectivity index (χ3n) is 3.00. The summed E-state index contributed by atoms with van der Waals surface area (Å²) in [5.74, 6) is 0.513. The molecule has 1 aromatic heterocycles. The van der Waals surface area contributed by atoms with Gasteiger partial charge in [0.1, 0.15) is 0 Å². The molecular weight excluding hydrogens is 190 g/mol. The first-order chi connectivity index (χ1) is 7.22. The Hall–Kier alpha value is -1.29. The Kier molecular flexibility index (Phi) is 2.77. The fourth-order valence-corrected chi connectivity index (χ4v) is 2.17. The van der Waals surface area contributed by atoms with Crippen LogP contribution in [-0.2, 0) is 0 Å². The van der Waals surface area contributed by atoms with Gasteiger partial charge in [-0.1, -0.05) is 0 Å². The fraction of sp³-hybridized carbons (Fsp3) is 0.545. The number of hydrogen-bond donors (Lipinski definition) is 1. The van der Waals surface area contributed by atoms with Crippen LogP contribution in [0.1, 0.15) is 24.4 Å². The molecule has 0 aliphatic carbocycles. The molecule has 82 valence electrons. The standard InChI is InChI=1S/C11H17N3O/c1-14-5-3-4-10(14)8-6-9(12)11(15-2)13-7-8/h6-7,10H,3-5,12H2,1-2H3. The van der Waals surface area contributed by atoms with Crippen LogP contribution in [-0.4, -0.2) is 30.6 Å². The molecule has 1 aliphatic rings. The van der Waals surface area contributed by atoms with Gasteiger partial charge in [0.25, 0.3) is 0 Å². The SMILES string of the molecule is COc1ncc(C2CCCN2C)cc1N. The van der Waals surface area contributed by atoms with Gasteiger partial charge in [0, 0.05) is 12.2 Å². The molecule has 4 nitrogen and oxygen atoms in total. The maximum absolute atomic E-state index is 5.84. The Morgan fingerprint density at radius 1 is 1.60 bits per heavy atom. The largest absolute Gasteiger partial charge is 0.480 e. The van der Waals surface area contributed by atoms with Crippen LogP contribution in [0.5, 0.6) is 5.88 Å². The van der Waals surface area contributed by atoms with E-state index < -0.39 is 0 Å². The zero-order valence-corrected chi connectivity index (χ0v) is 9.23. The normalized spacial score (nSPS) is 21.9. The molecule has 1 fully saturated rings. The summed E-state index contributed by atoms with van der Waals surface area (Å²) >= 11 is 0. The third kappa shape index (κ3) is 1.90. The molecule has 0 aromatic carbocycles. The summed E-state index contributed by atoms with van der Waals surface area (Å²) in [5.41, 5.74) is 7.65. The monoisotopic (exact) mass is 207 g/mol. The zero-order valence-electron chi connectivity index (χ0n) is 9.23. The Morgan fingerprint density at radius 2 is 2.40 bits per heavy atom. The van der Waals surface area contributed by atoms with Crippen molar-refractivity contribution in [2.75, 3.05) is 26.4 Å². The molecule has 0 bridgehead atoms. The molecule has 4 heteroatoms. The van der Waals surface area contributed by atoms with E-state index in [9.17, 15) is 0 Å². The van der Waals surface area contributed by atoms with Crippen molar-refractivity contribution >= 4 is 5.69 Å². The van der Waals surface area contributed by atoms with E-state index in [1.165, 1.54) is 18.4 Å². The number of nitrogens with zero attached hydrogens (tertiary/aromatic N) is 2. The summed E-state index contributed by atoms with van der Waals surface area (Å²) in [6.45, 7) is 1.15. The van der Waals surface area contributed by atoms with Crippen LogP contribution in [0.3, 0.4) is 0 Å². The van der Waals surface area contributed by atoms with Crippen molar-refractivity contribution in [1.82, 2.24) is 9.88 Å². The van der Waals surface area contributed by atoms with Crippen molar-refractivity contribution in [1.29, 1.82) is 0 Å². The number of methoxy groups -OCH3 is 1. The summed E-state index contributed by atoms with van der Waals surface area (Å²) in [6.07, 6.45) is 4.29. The van der Waals surface area contributed by atoms with E-state index in [-0.39, 0.29) is 0 Å². The Morgan fingerprint density at radius 3 is 2.93 bits per heavy atom. The van der Waals surface area contributed by atoms with E-state index >= 15 is 0 Å². The maximum Gasteiger partial charge on any atom is 0.236 e. The van der Waals surface area contributed by atoms with Crippen LogP contribution >= 0.6 is 0 Å². The topological polar surface area (TPSA) is 51.4 Å². The predicted molar refractivity (Wildman–Crippen MR) is 59.8 cm³/mol. The number of rotatable bonds is 2. The molecule has 0 amide bonds. The summed E-state index contributed by atoms with van der Waals surface area (Å²) in [5, 5.41) is 0. The number of nitrogens with two attached hydrogens (primary N) is 1. The molecule has 1 aromatic rings. The number of hydrogen-bond acceptors (Lipinski definition) is 4. The van der Waals surface area contributed by atoms with Gasteiger partial charge in [0.2, 0.25) is 5.88 Å². The molecule has 15 heavy (non-hydrogen) atoms. The van der Waals surface area contributed by atoms with Crippen molar-refractivity contribution in [3.8, 4) is 5.88 Å². The number of anilines is 1. The first-order valence-electron chi connectivity index (χ1n) is 5.22. The van der Waals surface area contributed by atoms with Crippen LogP contribution in [0, 0.1) is 0 Å². The minimum absolute atomic E-state index is 0.464. The van der Waals surface area contributed by atoms with Crippen molar-refractivity contribution in [3.05, 3.63) is 17.8 Å². The Bertz CT molecular complexity index is 354. The number of ether oxygens (including phenoxy) is 1. The summed E-state index contributed by atoms with van der Waals surface area (Å²) in [7, 11) is 3.72. The lowest BCUT2D eigenvalue weighted by molar-refractivity contribution is 0.316. The number of aromatic nitrogens is 1. The number of pyridine rings is 1.